The molecule has 5 rings (SSSR count). The number of aliphatic hydroxyl groups is 1. The van der Waals surface area contributed by atoms with Gasteiger partial charge in [-0.25, -0.2) is 0 Å². The number of H-pyrrole nitrogens is 1. The zero-order valence-electron chi connectivity index (χ0n) is 14.2. The Balaban J connectivity index is 1.61. The third-order valence-electron chi connectivity index (χ3n) is 6.28. The Morgan fingerprint density at radius 2 is 2.20 bits per heavy atom. The van der Waals surface area contributed by atoms with Gasteiger partial charge in [-0.1, -0.05) is 18.2 Å². The molecule has 4 atom stereocenters. The quantitative estimate of drug-likeness (QED) is 0.840. The first kappa shape index (κ1) is 15.0. The van der Waals surface area contributed by atoms with E-state index < -0.39 is 0 Å². The second-order valence-electron chi connectivity index (χ2n) is 7.43. The van der Waals surface area contributed by atoms with E-state index in [0.29, 0.717) is 0 Å². The van der Waals surface area contributed by atoms with Crippen LogP contribution in [0.15, 0.2) is 36.1 Å². The summed E-state index contributed by atoms with van der Waals surface area (Å²) in [6.45, 7) is 2.75. The topological polar surface area (TPSA) is 65.6 Å². The van der Waals surface area contributed by atoms with Gasteiger partial charge in [0.05, 0.1) is 24.5 Å². The average molecular weight is 338 g/mol. The van der Waals surface area contributed by atoms with Crippen molar-refractivity contribution in [1.29, 1.82) is 0 Å². The molecule has 0 spiro atoms. The molecule has 2 N–H and O–H groups in total. The number of hydrogen-bond acceptors (Lipinski definition) is 3. The fourth-order valence-corrected chi connectivity index (χ4v) is 4.93. The van der Waals surface area contributed by atoms with Gasteiger partial charge in [0.25, 0.3) is 5.91 Å². The molecule has 3 aliphatic heterocycles. The van der Waals surface area contributed by atoms with Crippen molar-refractivity contribution in [3.05, 3.63) is 47.4 Å². The maximum Gasteiger partial charge on any atom is 0.253 e. The Labute approximate surface area is 146 Å². The molecule has 4 heterocycles. The minimum atomic E-state index is -0.0659. The Kier molecular flexibility index (Phi) is 3.22. The van der Waals surface area contributed by atoms with Crippen LogP contribution in [0.1, 0.15) is 30.6 Å². The van der Waals surface area contributed by atoms with Gasteiger partial charge in [-0.3, -0.25) is 4.79 Å². The molecule has 0 bridgehead atoms. The number of nitrogens with one attached hydrogen (secondary N) is 1. The van der Waals surface area contributed by atoms with Crippen LogP contribution in [-0.2, 0) is 16.0 Å². The Hall–Kier alpha value is -2.27. The summed E-state index contributed by atoms with van der Waals surface area (Å²) < 4.78 is 5.64. The van der Waals surface area contributed by atoms with Gasteiger partial charge in [0, 0.05) is 35.0 Å². The van der Waals surface area contributed by atoms with E-state index in [1.165, 1.54) is 16.6 Å². The highest BCUT2D eigenvalue weighted by Crippen LogP contribution is 2.47. The molecule has 1 aromatic heterocycles. The number of aromatic nitrogens is 1. The lowest BCUT2D eigenvalue weighted by atomic mass is 9.73. The van der Waals surface area contributed by atoms with E-state index in [-0.39, 0.29) is 36.5 Å². The van der Waals surface area contributed by atoms with Crippen molar-refractivity contribution in [2.24, 2.45) is 11.8 Å². The van der Waals surface area contributed by atoms with Crippen molar-refractivity contribution in [2.75, 3.05) is 13.2 Å². The van der Waals surface area contributed by atoms with Crippen LogP contribution in [0.5, 0.6) is 0 Å². The number of ether oxygens (including phenoxy) is 1. The predicted octanol–water partition coefficient (Wildman–Crippen LogP) is 2.52. The standard InChI is InChI=1S/C20H22N2O3/c1-11-15(9-23)14-8-18-19-13(12-4-2-3-5-17(12)21-19)6-7-22(18)20(24)16(14)10-25-11/h2-5,10-11,14-15,18,21,23H,6-9H2,1H3/t11-,14+,15-,18+/m1/s1. The summed E-state index contributed by atoms with van der Waals surface area (Å²) in [5.74, 6) is 0.0941. The summed E-state index contributed by atoms with van der Waals surface area (Å²) in [4.78, 5) is 18.6. The summed E-state index contributed by atoms with van der Waals surface area (Å²) >= 11 is 0. The maximum atomic E-state index is 13.1. The van der Waals surface area contributed by atoms with Gasteiger partial charge in [0.15, 0.2) is 0 Å². The van der Waals surface area contributed by atoms with Gasteiger partial charge in [-0.05, 0) is 31.4 Å². The van der Waals surface area contributed by atoms with Crippen molar-refractivity contribution in [3.63, 3.8) is 0 Å². The van der Waals surface area contributed by atoms with Crippen molar-refractivity contribution < 1.29 is 14.6 Å². The Morgan fingerprint density at radius 3 is 3.04 bits per heavy atom. The van der Waals surface area contributed by atoms with E-state index >= 15 is 0 Å². The lowest BCUT2D eigenvalue weighted by molar-refractivity contribution is -0.136. The van der Waals surface area contributed by atoms with Gasteiger partial charge in [0.2, 0.25) is 0 Å². The predicted molar refractivity (Wildman–Crippen MR) is 93.8 cm³/mol. The first-order chi connectivity index (χ1) is 12.2. The third-order valence-corrected chi connectivity index (χ3v) is 6.28. The van der Waals surface area contributed by atoms with E-state index in [0.717, 1.165) is 30.5 Å². The normalized spacial score (nSPS) is 31.0. The molecule has 0 unspecified atom stereocenters. The Morgan fingerprint density at radius 1 is 1.36 bits per heavy atom. The van der Waals surface area contributed by atoms with Gasteiger partial charge in [-0.15, -0.1) is 0 Å². The number of nitrogens with zero attached hydrogens (tertiary/aromatic N) is 1. The number of rotatable bonds is 1. The van der Waals surface area contributed by atoms with Crippen LogP contribution in [-0.4, -0.2) is 40.2 Å². The molecular weight excluding hydrogens is 316 g/mol. The first-order valence-electron chi connectivity index (χ1n) is 9.06. The van der Waals surface area contributed by atoms with Crippen molar-refractivity contribution >= 4 is 16.8 Å². The van der Waals surface area contributed by atoms with Gasteiger partial charge >= 0.3 is 0 Å². The van der Waals surface area contributed by atoms with E-state index in [9.17, 15) is 9.90 Å². The van der Waals surface area contributed by atoms with Gasteiger partial charge < -0.3 is 19.7 Å². The molecule has 2 aromatic rings. The van der Waals surface area contributed by atoms with E-state index in [4.69, 9.17) is 4.74 Å². The number of carbonyl (C=O) groups is 1. The lowest BCUT2D eigenvalue weighted by Crippen LogP contribution is -2.51. The number of hydrogen-bond donors (Lipinski definition) is 2. The number of aliphatic hydroxyl groups excluding tert-OH is 1. The summed E-state index contributed by atoms with van der Waals surface area (Å²) in [6.07, 6.45) is 3.29. The number of benzene rings is 1. The molecular formula is C20H22N2O3. The van der Waals surface area contributed by atoms with Crippen LogP contribution >= 0.6 is 0 Å². The maximum absolute atomic E-state index is 13.1. The monoisotopic (exact) mass is 338 g/mol. The number of amides is 1. The van der Waals surface area contributed by atoms with E-state index in [1.807, 2.05) is 17.9 Å². The zero-order valence-corrected chi connectivity index (χ0v) is 14.2. The highest BCUT2D eigenvalue weighted by molar-refractivity contribution is 5.96. The largest absolute Gasteiger partial charge is 0.497 e. The minimum absolute atomic E-state index is 0.0270. The van der Waals surface area contributed by atoms with Crippen LogP contribution < -0.4 is 0 Å². The van der Waals surface area contributed by atoms with Crippen LogP contribution in [0.3, 0.4) is 0 Å². The smallest absolute Gasteiger partial charge is 0.253 e. The summed E-state index contributed by atoms with van der Waals surface area (Å²) in [7, 11) is 0. The summed E-state index contributed by atoms with van der Waals surface area (Å²) in [5, 5.41) is 11.1. The molecule has 1 aromatic carbocycles. The number of para-hydroxylation sites is 1. The van der Waals surface area contributed by atoms with Crippen molar-refractivity contribution in [3.8, 4) is 0 Å². The molecule has 0 radical (unpaired) electrons. The SMILES string of the molecule is C[C@H]1OC=C2C(=O)N3CCc4c([nH]c5ccccc45)[C@@H]3C[C@H]2[C@@H]1CO. The molecule has 1 fully saturated rings. The highest BCUT2D eigenvalue weighted by atomic mass is 16.5. The number of piperidine rings is 1. The van der Waals surface area contributed by atoms with E-state index in [1.54, 1.807) is 6.26 Å². The molecule has 5 nitrogen and oxygen atoms in total. The second kappa shape index (κ2) is 5.36. The molecule has 5 heteroatoms. The molecule has 1 saturated heterocycles. The lowest BCUT2D eigenvalue weighted by Gasteiger charge is -2.47. The third kappa shape index (κ3) is 2.02. The average Bonchev–Trinajstić information content (AvgIpc) is 3.01. The molecule has 0 saturated carbocycles. The molecule has 0 aliphatic carbocycles. The molecule has 130 valence electrons. The zero-order chi connectivity index (χ0) is 17.1. The molecule has 3 aliphatic rings. The number of aromatic amines is 1. The number of fused-ring (bicyclic) bond motifs is 6. The minimum Gasteiger partial charge on any atom is -0.497 e. The van der Waals surface area contributed by atoms with Crippen LogP contribution in [0, 0.1) is 11.8 Å². The summed E-state index contributed by atoms with van der Waals surface area (Å²) in [6, 6.07) is 8.42. The first-order valence-corrected chi connectivity index (χ1v) is 9.06. The van der Waals surface area contributed by atoms with Crippen LogP contribution in [0.2, 0.25) is 0 Å². The molecule has 25 heavy (non-hydrogen) atoms. The van der Waals surface area contributed by atoms with Gasteiger partial charge in [-0.2, -0.15) is 0 Å². The molecule has 1 amide bonds. The van der Waals surface area contributed by atoms with Crippen molar-refractivity contribution in [2.45, 2.75) is 31.9 Å². The second-order valence-corrected chi connectivity index (χ2v) is 7.43. The highest BCUT2D eigenvalue weighted by Gasteiger charge is 2.47. The van der Waals surface area contributed by atoms with Gasteiger partial charge in [0.1, 0.15) is 6.10 Å². The van der Waals surface area contributed by atoms with Crippen LogP contribution in [0.4, 0.5) is 0 Å². The van der Waals surface area contributed by atoms with E-state index in [2.05, 4.69) is 23.2 Å². The number of carbonyl (C=O) groups excluding carboxylic acids is 1. The Bertz CT molecular complexity index is 884. The summed E-state index contributed by atoms with van der Waals surface area (Å²) in [5.41, 5.74) is 4.39. The van der Waals surface area contributed by atoms with Crippen LogP contribution in [0.25, 0.3) is 10.9 Å². The fourth-order valence-electron chi connectivity index (χ4n) is 4.93. The van der Waals surface area contributed by atoms with Crippen molar-refractivity contribution in [1.82, 2.24) is 9.88 Å². The fraction of sp³-hybridized carbons (Fsp3) is 0.450.